The van der Waals surface area contributed by atoms with Crippen LogP contribution in [-0.4, -0.2) is 57.9 Å². The van der Waals surface area contributed by atoms with E-state index in [9.17, 15) is 24.3 Å². The fourth-order valence-corrected chi connectivity index (χ4v) is 5.16. The average Bonchev–Trinajstić information content (AvgIpc) is 3.46. The van der Waals surface area contributed by atoms with Crippen LogP contribution >= 0.6 is 0 Å². The van der Waals surface area contributed by atoms with Gasteiger partial charge in [0.05, 0.1) is 6.04 Å². The van der Waals surface area contributed by atoms with Gasteiger partial charge in [-0.15, -0.1) is 0 Å². The highest BCUT2D eigenvalue weighted by atomic mass is 16.4. The summed E-state index contributed by atoms with van der Waals surface area (Å²) >= 11 is 0. The van der Waals surface area contributed by atoms with Gasteiger partial charge in [0.2, 0.25) is 17.7 Å². The fraction of sp³-hybridized carbons (Fsp3) is 0.314. The number of benzene rings is 3. The van der Waals surface area contributed by atoms with Crippen molar-refractivity contribution in [3.8, 4) is 0 Å². The van der Waals surface area contributed by atoms with E-state index in [1.165, 1.54) is 0 Å². The second kappa shape index (κ2) is 15.7. The number of carboxylic acid groups (broad SMARTS) is 1. The molecule has 5 unspecified atom stereocenters. The summed E-state index contributed by atoms with van der Waals surface area (Å²) in [5.74, 6) is -3.01. The third-order valence-electron chi connectivity index (χ3n) is 8.10. The Labute approximate surface area is 262 Å². The molecule has 7 N–H and O–H groups in total. The lowest BCUT2D eigenvalue weighted by molar-refractivity contribution is -0.142. The Bertz CT molecular complexity index is 1590. The zero-order valence-corrected chi connectivity index (χ0v) is 25.5. The first-order valence-corrected chi connectivity index (χ1v) is 15.2. The number of amides is 3. The maximum absolute atomic E-state index is 13.9. The number of aromatic nitrogens is 1. The molecule has 0 spiro atoms. The van der Waals surface area contributed by atoms with E-state index in [1.54, 1.807) is 30.5 Å². The van der Waals surface area contributed by atoms with E-state index in [2.05, 4.69) is 20.9 Å². The Hall–Kier alpha value is -4.96. The van der Waals surface area contributed by atoms with Crippen LogP contribution < -0.4 is 21.7 Å². The Kier molecular flexibility index (Phi) is 11.5. The van der Waals surface area contributed by atoms with Gasteiger partial charge in [0, 0.05) is 36.4 Å². The summed E-state index contributed by atoms with van der Waals surface area (Å²) in [6.45, 7) is 3.80. The molecule has 236 valence electrons. The number of hydrogen-bond acceptors (Lipinski definition) is 5. The average molecular weight is 612 g/mol. The quantitative estimate of drug-likeness (QED) is 0.121. The number of carbonyl (C=O) groups excluding carboxylic acids is 3. The lowest BCUT2D eigenvalue weighted by Gasteiger charge is -2.26. The highest BCUT2D eigenvalue weighted by Crippen LogP contribution is 2.20. The monoisotopic (exact) mass is 611 g/mol. The van der Waals surface area contributed by atoms with Crippen LogP contribution in [0.5, 0.6) is 0 Å². The minimum Gasteiger partial charge on any atom is -0.480 e. The van der Waals surface area contributed by atoms with Gasteiger partial charge in [-0.05, 0) is 28.7 Å². The summed E-state index contributed by atoms with van der Waals surface area (Å²) in [7, 11) is 0. The Balaban J connectivity index is 1.61. The van der Waals surface area contributed by atoms with E-state index in [1.807, 2.05) is 74.5 Å². The molecule has 10 nitrogen and oxygen atoms in total. The molecular formula is C35H41N5O5. The Morgan fingerprint density at radius 2 is 1.20 bits per heavy atom. The smallest absolute Gasteiger partial charge is 0.326 e. The van der Waals surface area contributed by atoms with Crippen molar-refractivity contribution in [3.05, 3.63) is 108 Å². The fourth-order valence-electron chi connectivity index (χ4n) is 5.16. The first kappa shape index (κ1) is 32.9. The van der Waals surface area contributed by atoms with Gasteiger partial charge in [0.1, 0.15) is 18.1 Å². The van der Waals surface area contributed by atoms with Gasteiger partial charge in [-0.2, -0.15) is 0 Å². The lowest BCUT2D eigenvalue weighted by Crippen LogP contribution is -2.58. The summed E-state index contributed by atoms with van der Waals surface area (Å²) in [6, 6.07) is 21.5. The molecule has 3 amide bonds. The Morgan fingerprint density at radius 3 is 1.78 bits per heavy atom. The number of carbonyl (C=O) groups is 4. The number of para-hydroxylation sites is 1. The van der Waals surface area contributed by atoms with Crippen molar-refractivity contribution >= 4 is 34.6 Å². The SMILES string of the molecule is CCC(C)C(N)C(=O)NC(Cc1ccccc1)C(=O)NC(Cc1c[nH]c2ccccc12)C(=O)NC(Cc1ccccc1)C(=O)O. The van der Waals surface area contributed by atoms with E-state index in [0.29, 0.717) is 6.42 Å². The highest BCUT2D eigenvalue weighted by Gasteiger charge is 2.32. The first-order chi connectivity index (χ1) is 21.7. The second-order valence-electron chi connectivity index (χ2n) is 11.4. The number of hydrogen-bond donors (Lipinski definition) is 6. The molecule has 3 aromatic carbocycles. The zero-order chi connectivity index (χ0) is 32.3. The van der Waals surface area contributed by atoms with Gasteiger partial charge in [0.15, 0.2) is 0 Å². The number of rotatable bonds is 15. The summed E-state index contributed by atoms with van der Waals surface area (Å²) in [4.78, 5) is 56.1. The molecule has 0 saturated heterocycles. The number of H-pyrrole nitrogens is 1. The van der Waals surface area contributed by atoms with Gasteiger partial charge in [-0.25, -0.2) is 4.79 Å². The minimum absolute atomic E-state index is 0.0653. The summed E-state index contributed by atoms with van der Waals surface area (Å²) in [6.07, 6.45) is 2.77. The number of fused-ring (bicyclic) bond motifs is 1. The van der Waals surface area contributed by atoms with E-state index in [-0.39, 0.29) is 25.2 Å². The van der Waals surface area contributed by atoms with Crippen molar-refractivity contribution in [2.24, 2.45) is 11.7 Å². The van der Waals surface area contributed by atoms with Crippen LogP contribution in [-0.2, 0) is 38.4 Å². The van der Waals surface area contributed by atoms with Crippen LogP contribution in [0.4, 0.5) is 0 Å². The molecule has 4 aromatic rings. The number of carboxylic acids is 1. The van der Waals surface area contributed by atoms with Crippen LogP contribution in [0.1, 0.15) is 37.0 Å². The summed E-state index contributed by atoms with van der Waals surface area (Å²) in [5, 5.41) is 19.1. The number of aliphatic carboxylic acids is 1. The standard InChI is InChI=1S/C35H41N5O5/c1-3-22(2)31(36)34(43)39-28(18-23-12-6-4-7-13-23)32(41)38-29(20-25-21-37-27-17-11-10-16-26(25)27)33(42)40-30(35(44)45)19-24-14-8-5-9-15-24/h4-17,21-22,28-31,37H,3,18-20,36H2,1-2H3,(H,38,41)(H,39,43)(H,40,42)(H,44,45). The normalized spacial score (nSPS) is 14.5. The van der Waals surface area contributed by atoms with Gasteiger partial charge >= 0.3 is 5.97 Å². The predicted octanol–water partition coefficient (Wildman–Crippen LogP) is 3.11. The van der Waals surface area contributed by atoms with Crippen LogP contribution in [0.15, 0.2) is 91.1 Å². The first-order valence-electron chi connectivity index (χ1n) is 15.2. The zero-order valence-electron chi connectivity index (χ0n) is 25.5. The molecule has 45 heavy (non-hydrogen) atoms. The molecule has 0 saturated carbocycles. The van der Waals surface area contributed by atoms with E-state index in [4.69, 9.17) is 5.73 Å². The van der Waals surface area contributed by atoms with Gasteiger partial charge in [0.25, 0.3) is 0 Å². The van der Waals surface area contributed by atoms with Crippen LogP contribution in [0.3, 0.4) is 0 Å². The summed E-state index contributed by atoms with van der Waals surface area (Å²) < 4.78 is 0. The molecule has 0 radical (unpaired) electrons. The topological polar surface area (TPSA) is 166 Å². The minimum atomic E-state index is -1.23. The highest BCUT2D eigenvalue weighted by molar-refractivity contribution is 5.95. The number of aromatic amines is 1. The Morgan fingerprint density at radius 1 is 0.711 bits per heavy atom. The van der Waals surface area contributed by atoms with Gasteiger partial charge in [-0.3, -0.25) is 14.4 Å². The molecule has 1 aromatic heterocycles. The van der Waals surface area contributed by atoms with E-state index < -0.39 is 47.9 Å². The maximum atomic E-state index is 13.9. The molecule has 10 heteroatoms. The van der Waals surface area contributed by atoms with Crippen molar-refractivity contribution in [2.75, 3.05) is 0 Å². The summed E-state index contributed by atoms with van der Waals surface area (Å²) in [5.41, 5.74) is 9.36. The molecule has 0 fully saturated rings. The molecule has 0 aliphatic rings. The van der Waals surface area contributed by atoms with E-state index in [0.717, 1.165) is 27.6 Å². The molecule has 0 bridgehead atoms. The van der Waals surface area contributed by atoms with Crippen molar-refractivity contribution < 1.29 is 24.3 Å². The van der Waals surface area contributed by atoms with Crippen LogP contribution in [0.25, 0.3) is 10.9 Å². The third-order valence-corrected chi connectivity index (χ3v) is 8.10. The molecule has 0 aliphatic heterocycles. The van der Waals surface area contributed by atoms with Crippen LogP contribution in [0.2, 0.25) is 0 Å². The molecule has 4 rings (SSSR count). The second-order valence-corrected chi connectivity index (χ2v) is 11.4. The molecular weight excluding hydrogens is 570 g/mol. The van der Waals surface area contributed by atoms with Crippen molar-refractivity contribution in [1.82, 2.24) is 20.9 Å². The van der Waals surface area contributed by atoms with Crippen LogP contribution in [0, 0.1) is 5.92 Å². The number of nitrogens with one attached hydrogen (secondary N) is 4. The van der Waals surface area contributed by atoms with Gasteiger partial charge < -0.3 is 31.8 Å². The largest absolute Gasteiger partial charge is 0.480 e. The van der Waals surface area contributed by atoms with Crippen molar-refractivity contribution in [2.45, 2.75) is 63.7 Å². The predicted molar refractivity (Wildman–Crippen MR) is 173 cm³/mol. The maximum Gasteiger partial charge on any atom is 0.326 e. The van der Waals surface area contributed by atoms with E-state index >= 15 is 0 Å². The van der Waals surface area contributed by atoms with Crippen molar-refractivity contribution in [1.29, 1.82) is 0 Å². The van der Waals surface area contributed by atoms with Crippen molar-refractivity contribution in [3.63, 3.8) is 0 Å². The number of nitrogens with two attached hydrogens (primary N) is 1. The van der Waals surface area contributed by atoms with Gasteiger partial charge in [-0.1, -0.05) is 99.1 Å². The molecule has 5 atom stereocenters. The third kappa shape index (κ3) is 9.02. The lowest BCUT2D eigenvalue weighted by atomic mass is 9.98. The molecule has 1 heterocycles. The molecule has 0 aliphatic carbocycles.